The molecule has 10 aromatic rings. The molecule has 0 aromatic heterocycles. The van der Waals surface area contributed by atoms with E-state index < -0.39 is 0 Å². The first-order valence-electron chi connectivity index (χ1n) is 19.6. The highest BCUT2D eigenvalue weighted by Gasteiger charge is 2.35. The van der Waals surface area contributed by atoms with Gasteiger partial charge >= 0.3 is 0 Å². The third kappa shape index (κ3) is 5.01. The summed E-state index contributed by atoms with van der Waals surface area (Å²) in [5.74, 6) is 0. The highest BCUT2D eigenvalue weighted by Crippen LogP contribution is 2.52. The van der Waals surface area contributed by atoms with Crippen LogP contribution in [-0.4, -0.2) is 0 Å². The van der Waals surface area contributed by atoms with Crippen molar-refractivity contribution in [1.29, 1.82) is 0 Å². The fourth-order valence-electron chi connectivity index (χ4n) is 9.47. The largest absolute Gasteiger partial charge is 0.310 e. The number of nitrogens with zero attached hydrogens (tertiary/aromatic N) is 1. The standard InChI is InChI=1S/C55H39N/c1-55(2)51-24-14-13-21-45(51)46-30-28-41(35-52(46)55)54-48-23-12-11-22-47(48)53(49-33-36-15-9-10-16-37(36)34-50(49)54)40-26-25-39-32-44(29-27-38(39)31-40)56(42-17-5-3-6-18-42)43-19-7-4-8-20-43/h3-35H,1-2H3. The maximum Gasteiger partial charge on any atom is 0.0468 e. The number of hydrogen-bond donors (Lipinski definition) is 0. The zero-order valence-electron chi connectivity index (χ0n) is 31.5. The molecular weight excluding hydrogens is 675 g/mol. The summed E-state index contributed by atoms with van der Waals surface area (Å²) in [7, 11) is 0. The van der Waals surface area contributed by atoms with Crippen LogP contribution in [0.15, 0.2) is 200 Å². The molecule has 0 N–H and O–H groups in total. The Bertz CT molecular complexity index is 3120. The van der Waals surface area contributed by atoms with Gasteiger partial charge in [-0.2, -0.15) is 0 Å². The Morgan fingerprint density at radius 1 is 0.321 bits per heavy atom. The lowest BCUT2D eigenvalue weighted by molar-refractivity contribution is 0.660. The quantitative estimate of drug-likeness (QED) is 0.161. The van der Waals surface area contributed by atoms with Gasteiger partial charge in [-0.1, -0.05) is 153 Å². The van der Waals surface area contributed by atoms with E-state index in [1.54, 1.807) is 0 Å². The summed E-state index contributed by atoms with van der Waals surface area (Å²) in [5.41, 5.74) is 13.9. The van der Waals surface area contributed by atoms with Crippen molar-refractivity contribution >= 4 is 60.2 Å². The maximum atomic E-state index is 2.48. The first kappa shape index (κ1) is 32.5. The molecule has 0 saturated heterocycles. The lowest BCUT2D eigenvalue weighted by atomic mass is 9.80. The number of benzene rings is 10. The monoisotopic (exact) mass is 713 g/mol. The second kappa shape index (κ2) is 12.5. The van der Waals surface area contributed by atoms with Crippen LogP contribution >= 0.6 is 0 Å². The Kier molecular flexibility index (Phi) is 7.28. The summed E-state index contributed by atoms with van der Waals surface area (Å²) in [6.07, 6.45) is 0. The lowest BCUT2D eigenvalue weighted by Crippen LogP contribution is -2.14. The molecule has 0 fully saturated rings. The number of rotatable bonds is 5. The highest BCUT2D eigenvalue weighted by molar-refractivity contribution is 6.24. The van der Waals surface area contributed by atoms with Gasteiger partial charge in [0.15, 0.2) is 0 Å². The van der Waals surface area contributed by atoms with Crippen LogP contribution < -0.4 is 4.90 Å². The molecule has 0 amide bonds. The molecule has 1 heteroatoms. The third-order valence-electron chi connectivity index (χ3n) is 12.2. The maximum absolute atomic E-state index is 2.48. The Morgan fingerprint density at radius 2 is 0.804 bits per heavy atom. The molecule has 0 heterocycles. The minimum absolute atomic E-state index is 0.0790. The molecule has 0 bridgehead atoms. The number of anilines is 3. The van der Waals surface area contributed by atoms with E-state index >= 15 is 0 Å². The Hall–Kier alpha value is -6.96. The first-order chi connectivity index (χ1) is 27.5. The number of hydrogen-bond acceptors (Lipinski definition) is 1. The van der Waals surface area contributed by atoms with Crippen LogP contribution in [0.2, 0.25) is 0 Å². The summed E-state index contributed by atoms with van der Waals surface area (Å²) in [5, 5.41) is 10.0. The first-order valence-corrected chi connectivity index (χ1v) is 19.6. The molecule has 0 saturated carbocycles. The van der Waals surface area contributed by atoms with Gasteiger partial charge in [0.1, 0.15) is 0 Å². The minimum Gasteiger partial charge on any atom is -0.310 e. The summed E-state index contributed by atoms with van der Waals surface area (Å²) in [6, 6.07) is 73.9. The highest BCUT2D eigenvalue weighted by atomic mass is 15.1. The summed E-state index contributed by atoms with van der Waals surface area (Å²) >= 11 is 0. The van der Waals surface area contributed by atoms with Gasteiger partial charge in [-0.3, -0.25) is 0 Å². The van der Waals surface area contributed by atoms with Gasteiger partial charge in [0.05, 0.1) is 0 Å². The van der Waals surface area contributed by atoms with Gasteiger partial charge in [0.2, 0.25) is 0 Å². The van der Waals surface area contributed by atoms with Gasteiger partial charge in [-0.05, 0) is 148 Å². The second-order valence-electron chi connectivity index (χ2n) is 15.7. The van der Waals surface area contributed by atoms with Crippen molar-refractivity contribution in [3.8, 4) is 33.4 Å². The Labute approximate surface area is 327 Å². The van der Waals surface area contributed by atoms with Crippen LogP contribution in [0.3, 0.4) is 0 Å². The molecule has 264 valence electrons. The van der Waals surface area contributed by atoms with Crippen LogP contribution in [0, 0.1) is 0 Å². The fraction of sp³-hybridized carbons (Fsp3) is 0.0545. The summed E-state index contributed by atoms with van der Waals surface area (Å²) in [6.45, 7) is 4.75. The van der Waals surface area contributed by atoms with Gasteiger partial charge in [0.25, 0.3) is 0 Å². The topological polar surface area (TPSA) is 3.24 Å². The molecule has 11 rings (SSSR count). The van der Waals surface area contributed by atoms with Crippen molar-refractivity contribution in [2.24, 2.45) is 0 Å². The average molecular weight is 714 g/mol. The summed E-state index contributed by atoms with van der Waals surface area (Å²) in [4.78, 5) is 2.33. The lowest BCUT2D eigenvalue weighted by Gasteiger charge is -2.25. The van der Waals surface area contributed by atoms with Crippen molar-refractivity contribution in [2.45, 2.75) is 19.3 Å². The molecule has 1 aliphatic rings. The zero-order valence-corrected chi connectivity index (χ0v) is 31.5. The van der Waals surface area contributed by atoms with Crippen LogP contribution in [0.25, 0.3) is 76.5 Å². The Balaban J connectivity index is 1.12. The average Bonchev–Trinajstić information content (AvgIpc) is 3.48. The van der Waals surface area contributed by atoms with Crippen LogP contribution in [-0.2, 0) is 5.41 Å². The predicted octanol–water partition coefficient (Wildman–Crippen LogP) is 15.4. The van der Waals surface area contributed by atoms with Crippen LogP contribution in [0.1, 0.15) is 25.0 Å². The van der Waals surface area contributed by atoms with Crippen molar-refractivity contribution in [3.63, 3.8) is 0 Å². The second-order valence-corrected chi connectivity index (χ2v) is 15.7. The van der Waals surface area contributed by atoms with Crippen LogP contribution in [0.5, 0.6) is 0 Å². The molecule has 0 atom stereocenters. The van der Waals surface area contributed by atoms with Crippen molar-refractivity contribution < 1.29 is 0 Å². The molecular formula is C55H39N. The molecule has 56 heavy (non-hydrogen) atoms. The Morgan fingerprint density at radius 3 is 1.46 bits per heavy atom. The molecule has 10 aromatic carbocycles. The molecule has 1 nitrogen and oxygen atoms in total. The zero-order chi connectivity index (χ0) is 37.4. The third-order valence-corrected chi connectivity index (χ3v) is 12.2. The molecule has 0 spiro atoms. The smallest absolute Gasteiger partial charge is 0.0468 e. The van der Waals surface area contributed by atoms with Crippen molar-refractivity contribution in [2.75, 3.05) is 4.90 Å². The summed E-state index contributed by atoms with van der Waals surface area (Å²) < 4.78 is 0. The molecule has 0 aliphatic heterocycles. The van der Waals surface area contributed by atoms with Gasteiger partial charge in [-0.25, -0.2) is 0 Å². The van der Waals surface area contributed by atoms with Gasteiger partial charge in [-0.15, -0.1) is 0 Å². The van der Waals surface area contributed by atoms with Crippen molar-refractivity contribution in [1.82, 2.24) is 0 Å². The van der Waals surface area contributed by atoms with E-state index in [1.165, 1.54) is 87.6 Å². The number of fused-ring (bicyclic) bond motifs is 7. The fourth-order valence-corrected chi connectivity index (χ4v) is 9.47. The molecule has 0 radical (unpaired) electrons. The van der Waals surface area contributed by atoms with Crippen molar-refractivity contribution in [3.05, 3.63) is 211 Å². The van der Waals surface area contributed by atoms with E-state index in [4.69, 9.17) is 0 Å². The van der Waals surface area contributed by atoms with E-state index in [9.17, 15) is 0 Å². The molecule has 0 unspecified atom stereocenters. The molecule has 1 aliphatic carbocycles. The van der Waals surface area contributed by atoms with E-state index in [0.717, 1.165) is 17.1 Å². The van der Waals surface area contributed by atoms with E-state index in [2.05, 4.69) is 219 Å². The van der Waals surface area contributed by atoms with E-state index in [-0.39, 0.29) is 5.41 Å². The van der Waals surface area contributed by atoms with E-state index in [1.807, 2.05) is 0 Å². The van der Waals surface area contributed by atoms with Gasteiger partial charge < -0.3 is 4.90 Å². The minimum atomic E-state index is -0.0790. The van der Waals surface area contributed by atoms with Crippen LogP contribution in [0.4, 0.5) is 17.1 Å². The SMILES string of the molecule is CC1(C)c2ccccc2-c2ccc(-c3c4ccccc4c(-c4ccc5cc(N(c6ccccc6)c6ccccc6)ccc5c4)c4cc5ccccc5cc34)cc21. The van der Waals surface area contributed by atoms with Gasteiger partial charge in [0, 0.05) is 22.5 Å². The number of para-hydroxylation sites is 2. The normalized spacial score (nSPS) is 13.0. The van der Waals surface area contributed by atoms with E-state index in [0.29, 0.717) is 0 Å². The predicted molar refractivity (Wildman–Crippen MR) is 240 cm³/mol.